The number of halogens is 1. The molecule has 1 fully saturated rings. The summed E-state index contributed by atoms with van der Waals surface area (Å²) in [6.07, 6.45) is 2.51. The minimum atomic E-state index is 0. The maximum absolute atomic E-state index is 5.17. The normalized spacial score (nSPS) is 17.2. The Labute approximate surface area is 116 Å². The van der Waals surface area contributed by atoms with Gasteiger partial charge in [0.2, 0.25) is 0 Å². The first kappa shape index (κ1) is 15.3. The van der Waals surface area contributed by atoms with Crippen LogP contribution in [0.4, 0.5) is 0 Å². The summed E-state index contributed by atoms with van der Waals surface area (Å²) in [4.78, 5) is 2.52. The molecule has 1 aromatic carbocycles. The number of benzene rings is 1. The molecule has 1 aliphatic rings. The van der Waals surface area contributed by atoms with E-state index in [1.165, 1.54) is 31.5 Å². The van der Waals surface area contributed by atoms with E-state index in [4.69, 9.17) is 4.74 Å². The maximum atomic E-state index is 5.17. The van der Waals surface area contributed by atoms with Gasteiger partial charge < -0.3 is 10.1 Å². The first-order valence-corrected chi connectivity index (χ1v) is 6.34. The van der Waals surface area contributed by atoms with Crippen LogP contribution < -0.4 is 10.1 Å². The van der Waals surface area contributed by atoms with Gasteiger partial charge in [-0.3, -0.25) is 4.90 Å². The molecular weight excluding hydrogens is 248 g/mol. The van der Waals surface area contributed by atoms with Crippen LogP contribution >= 0.6 is 12.4 Å². The van der Waals surface area contributed by atoms with E-state index in [0.717, 1.165) is 12.3 Å². The van der Waals surface area contributed by atoms with Gasteiger partial charge in [0.15, 0.2) is 0 Å². The summed E-state index contributed by atoms with van der Waals surface area (Å²) in [5.74, 6) is 0.933. The first-order valence-electron chi connectivity index (χ1n) is 6.34. The van der Waals surface area contributed by atoms with Crippen molar-refractivity contribution in [2.45, 2.75) is 25.4 Å². The first-order chi connectivity index (χ1) is 8.31. The number of hydrogen-bond donors (Lipinski definition) is 1. The van der Waals surface area contributed by atoms with E-state index in [2.05, 4.69) is 29.4 Å². The second-order valence-corrected chi connectivity index (χ2v) is 4.69. The van der Waals surface area contributed by atoms with Gasteiger partial charge in [-0.25, -0.2) is 0 Å². The highest BCUT2D eigenvalue weighted by atomic mass is 35.5. The van der Waals surface area contributed by atoms with Gasteiger partial charge in [0.1, 0.15) is 5.75 Å². The highest BCUT2D eigenvalue weighted by molar-refractivity contribution is 5.85. The number of nitrogens with zero attached hydrogens (tertiary/aromatic N) is 1. The molecule has 0 amide bonds. The quantitative estimate of drug-likeness (QED) is 0.909. The molecule has 102 valence electrons. The van der Waals surface area contributed by atoms with E-state index in [-0.39, 0.29) is 12.4 Å². The molecule has 0 aromatic heterocycles. The number of ether oxygens (including phenoxy) is 1. The van der Waals surface area contributed by atoms with Crippen molar-refractivity contribution >= 4 is 12.4 Å². The predicted octanol–water partition coefficient (Wildman–Crippen LogP) is 2.30. The Hall–Kier alpha value is -0.770. The van der Waals surface area contributed by atoms with Gasteiger partial charge in [-0.05, 0) is 50.7 Å². The highest BCUT2D eigenvalue weighted by Crippen LogP contribution is 2.16. The van der Waals surface area contributed by atoms with E-state index in [0.29, 0.717) is 6.04 Å². The molecule has 0 spiro atoms. The van der Waals surface area contributed by atoms with Crippen molar-refractivity contribution in [1.82, 2.24) is 10.2 Å². The topological polar surface area (TPSA) is 24.5 Å². The number of piperidine rings is 1. The smallest absolute Gasteiger partial charge is 0.118 e. The molecule has 4 heteroatoms. The van der Waals surface area contributed by atoms with Crippen LogP contribution in [-0.4, -0.2) is 38.2 Å². The van der Waals surface area contributed by atoms with Crippen LogP contribution in [0, 0.1) is 0 Å². The summed E-state index contributed by atoms with van der Waals surface area (Å²) in [7, 11) is 3.77. The van der Waals surface area contributed by atoms with Crippen molar-refractivity contribution in [1.29, 1.82) is 0 Å². The van der Waals surface area contributed by atoms with Gasteiger partial charge in [0.05, 0.1) is 7.11 Å². The Bertz CT molecular complexity index is 334. The number of methoxy groups -OCH3 is 1. The summed E-state index contributed by atoms with van der Waals surface area (Å²) in [6, 6.07) is 9.10. The molecular formula is C14H23ClN2O. The lowest BCUT2D eigenvalue weighted by molar-refractivity contribution is 0.194. The van der Waals surface area contributed by atoms with Crippen molar-refractivity contribution < 1.29 is 4.74 Å². The summed E-state index contributed by atoms with van der Waals surface area (Å²) in [6.45, 7) is 3.44. The zero-order valence-corrected chi connectivity index (χ0v) is 12.0. The zero-order chi connectivity index (χ0) is 12.1. The van der Waals surface area contributed by atoms with Crippen molar-refractivity contribution in [3.05, 3.63) is 29.8 Å². The van der Waals surface area contributed by atoms with E-state index < -0.39 is 0 Å². The van der Waals surface area contributed by atoms with Gasteiger partial charge >= 0.3 is 0 Å². The minimum absolute atomic E-state index is 0. The maximum Gasteiger partial charge on any atom is 0.118 e. The molecule has 0 radical (unpaired) electrons. The predicted molar refractivity (Wildman–Crippen MR) is 77.6 cm³/mol. The third-order valence-electron chi connectivity index (χ3n) is 3.56. The molecule has 3 nitrogen and oxygen atoms in total. The molecule has 1 aliphatic heterocycles. The summed E-state index contributed by atoms with van der Waals surface area (Å²) in [5, 5.41) is 3.36. The summed E-state index contributed by atoms with van der Waals surface area (Å²) < 4.78 is 5.17. The van der Waals surface area contributed by atoms with Gasteiger partial charge in [-0.15, -0.1) is 12.4 Å². The fourth-order valence-corrected chi connectivity index (χ4v) is 2.37. The summed E-state index contributed by atoms with van der Waals surface area (Å²) >= 11 is 0. The molecule has 0 bridgehead atoms. The molecule has 1 aromatic rings. The van der Waals surface area contributed by atoms with E-state index in [1.807, 2.05) is 12.1 Å². The second kappa shape index (κ2) is 7.62. The van der Waals surface area contributed by atoms with Gasteiger partial charge in [0, 0.05) is 12.6 Å². The molecule has 1 N–H and O–H groups in total. The Morgan fingerprint density at radius 2 is 1.83 bits per heavy atom. The van der Waals surface area contributed by atoms with Crippen molar-refractivity contribution in [2.24, 2.45) is 0 Å². The van der Waals surface area contributed by atoms with Crippen LogP contribution in [0.25, 0.3) is 0 Å². The molecule has 18 heavy (non-hydrogen) atoms. The molecule has 0 saturated carbocycles. The Morgan fingerprint density at radius 1 is 1.22 bits per heavy atom. The van der Waals surface area contributed by atoms with Gasteiger partial charge in [-0.2, -0.15) is 0 Å². The third kappa shape index (κ3) is 4.16. The summed E-state index contributed by atoms with van der Waals surface area (Å²) in [5.41, 5.74) is 1.37. The lowest BCUT2D eigenvalue weighted by Crippen LogP contribution is -2.40. The average Bonchev–Trinajstić information content (AvgIpc) is 2.40. The van der Waals surface area contributed by atoms with Crippen molar-refractivity contribution in [3.63, 3.8) is 0 Å². The monoisotopic (exact) mass is 270 g/mol. The van der Waals surface area contributed by atoms with E-state index in [1.54, 1.807) is 7.11 Å². The molecule has 1 heterocycles. The third-order valence-corrected chi connectivity index (χ3v) is 3.56. The Kier molecular flexibility index (Phi) is 6.47. The zero-order valence-electron chi connectivity index (χ0n) is 11.2. The SMILES string of the molecule is CNC1CCN(Cc2ccc(OC)cc2)CC1.Cl. The van der Waals surface area contributed by atoms with Crippen LogP contribution in [0.5, 0.6) is 5.75 Å². The minimum Gasteiger partial charge on any atom is -0.497 e. The highest BCUT2D eigenvalue weighted by Gasteiger charge is 2.17. The van der Waals surface area contributed by atoms with Crippen LogP contribution in [0.2, 0.25) is 0 Å². The van der Waals surface area contributed by atoms with Crippen LogP contribution in [-0.2, 0) is 6.54 Å². The van der Waals surface area contributed by atoms with Crippen molar-refractivity contribution in [2.75, 3.05) is 27.2 Å². The van der Waals surface area contributed by atoms with Crippen molar-refractivity contribution in [3.8, 4) is 5.75 Å². The molecule has 0 atom stereocenters. The van der Waals surface area contributed by atoms with Gasteiger partial charge in [0.25, 0.3) is 0 Å². The average molecular weight is 271 g/mol. The fraction of sp³-hybridized carbons (Fsp3) is 0.571. The number of nitrogens with one attached hydrogen (secondary N) is 1. The van der Waals surface area contributed by atoms with Crippen LogP contribution in [0.15, 0.2) is 24.3 Å². The number of likely N-dealkylation sites (tertiary alicyclic amines) is 1. The number of hydrogen-bond acceptors (Lipinski definition) is 3. The lowest BCUT2D eigenvalue weighted by atomic mass is 10.0. The largest absolute Gasteiger partial charge is 0.497 e. The van der Waals surface area contributed by atoms with E-state index >= 15 is 0 Å². The molecule has 0 aliphatic carbocycles. The molecule has 2 rings (SSSR count). The Morgan fingerprint density at radius 3 is 2.33 bits per heavy atom. The fourth-order valence-electron chi connectivity index (χ4n) is 2.37. The standard InChI is InChI=1S/C14H22N2O.ClH/c1-15-13-7-9-16(10-8-13)11-12-3-5-14(17-2)6-4-12;/h3-6,13,15H,7-11H2,1-2H3;1H. The van der Waals surface area contributed by atoms with Crippen LogP contribution in [0.3, 0.4) is 0 Å². The Balaban J connectivity index is 0.00000162. The molecule has 0 unspecified atom stereocenters. The molecule has 1 saturated heterocycles. The number of rotatable bonds is 4. The van der Waals surface area contributed by atoms with Crippen LogP contribution in [0.1, 0.15) is 18.4 Å². The second-order valence-electron chi connectivity index (χ2n) is 4.69. The van der Waals surface area contributed by atoms with Gasteiger partial charge in [-0.1, -0.05) is 12.1 Å². The lowest BCUT2D eigenvalue weighted by Gasteiger charge is -2.31. The van der Waals surface area contributed by atoms with E-state index in [9.17, 15) is 0 Å².